The molecule has 2 aromatic rings. The summed E-state index contributed by atoms with van der Waals surface area (Å²) >= 11 is 0. The number of hydrogen-bond acceptors (Lipinski definition) is 1. The van der Waals surface area contributed by atoms with Gasteiger partial charge in [0.1, 0.15) is 11.6 Å². The molecule has 2 fully saturated rings. The third-order valence-corrected chi connectivity index (χ3v) is 7.60. The van der Waals surface area contributed by atoms with Crippen molar-refractivity contribution in [3.8, 4) is 17.6 Å². The van der Waals surface area contributed by atoms with Gasteiger partial charge in [-0.2, -0.15) is 0 Å². The van der Waals surface area contributed by atoms with E-state index in [0.29, 0.717) is 12.0 Å². The molecular weight excluding hydrogens is 452 g/mol. The quantitative estimate of drug-likeness (QED) is 0.234. The average molecular weight is 485 g/mol. The zero-order valence-electron chi connectivity index (χ0n) is 20.1. The van der Waals surface area contributed by atoms with E-state index in [2.05, 4.69) is 47.8 Å². The van der Waals surface area contributed by atoms with Crippen molar-refractivity contribution in [2.75, 3.05) is 0 Å². The summed E-state index contributed by atoms with van der Waals surface area (Å²) in [7, 11) is 0. The van der Waals surface area contributed by atoms with Crippen LogP contribution in [0.15, 0.2) is 54.6 Å². The molecule has 186 valence electrons. The lowest BCUT2D eigenvalue weighted by atomic mass is 9.63. The number of rotatable bonds is 5. The molecule has 0 N–H and O–H groups in total. The Hall–Kier alpha value is -2.74. The van der Waals surface area contributed by atoms with Gasteiger partial charge in [0, 0.05) is 11.6 Å². The molecule has 0 aromatic heterocycles. The molecule has 35 heavy (non-hydrogen) atoms. The number of alkyl halides is 3. The highest BCUT2D eigenvalue weighted by Crippen LogP contribution is 2.48. The summed E-state index contributed by atoms with van der Waals surface area (Å²) in [5, 5.41) is 0. The Labute approximate surface area is 205 Å². The van der Waals surface area contributed by atoms with Crippen LogP contribution in [0.25, 0.3) is 0 Å². The Bertz CT molecular complexity index is 1070. The molecule has 2 aliphatic carbocycles. The van der Waals surface area contributed by atoms with Gasteiger partial charge in [0.25, 0.3) is 0 Å². The van der Waals surface area contributed by atoms with Gasteiger partial charge in [-0.05, 0) is 105 Å². The number of halogens is 4. The van der Waals surface area contributed by atoms with Crippen molar-refractivity contribution in [2.24, 2.45) is 17.8 Å². The van der Waals surface area contributed by atoms with Gasteiger partial charge >= 0.3 is 6.36 Å². The van der Waals surface area contributed by atoms with Crippen LogP contribution in [0.1, 0.15) is 80.9 Å². The first-order valence-corrected chi connectivity index (χ1v) is 12.6. The molecule has 2 aliphatic rings. The van der Waals surface area contributed by atoms with Crippen molar-refractivity contribution in [3.63, 3.8) is 0 Å². The van der Waals surface area contributed by atoms with Gasteiger partial charge in [-0.15, -0.1) is 13.2 Å². The third kappa shape index (κ3) is 7.13. The van der Waals surface area contributed by atoms with Gasteiger partial charge in [0.2, 0.25) is 0 Å². The fraction of sp³-hybridized carbons (Fsp3) is 0.467. The zero-order valence-corrected chi connectivity index (χ0v) is 20.1. The Morgan fingerprint density at radius 2 is 1.69 bits per heavy atom. The van der Waals surface area contributed by atoms with Crippen molar-refractivity contribution in [3.05, 3.63) is 77.1 Å². The zero-order chi connectivity index (χ0) is 24.8. The lowest BCUT2D eigenvalue weighted by Gasteiger charge is -2.42. The molecule has 2 aromatic carbocycles. The van der Waals surface area contributed by atoms with Gasteiger partial charge in [0.15, 0.2) is 0 Å². The molecule has 2 saturated carbocycles. The van der Waals surface area contributed by atoms with E-state index < -0.39 is 17.9 Å². The second-order valence-corrected chi connectivity index (χ2v) is 9.92. The van der Waals surface area contributed by atoms with Crippen LogP contribution in [0.5, 0.6) is 5.75 Å². The summed E-state index contributed by atoms with van der Waals surface area (Å²) in [5.74, 6) is 7.36. The first-order chi connectivity index (χ1) is 16.8. The summed E-state index contributed by atoms with van der Waals surface area (Å²) in [6.45, 7) is 2.09. The van der Waals surface area contributed by atoms with E-state index in [1.807, 2.05) is 12.1 Å². The molecule has 0 amide bonds. The predicted octanol–water partition coefficient (Wildman–Crippen LogP) is 8.78. The molecule has 0 saturated heterocycles. The third-order valence-electron chi connectivity index (χ3n) is 7.60. The first kappa shape index (κ1) is 25.4. The number of hydrogen-bond donors (Lipinski definition) is 0. The smallest absolute Gasteiger partial charge is 0.406 e. The van der Waals surface area contributed by atoms with E-state index >= 15 is 0 Å². The molecule has 0 bridgehead atoms. The topological polar surface area (TPSA) is 9.23 Å². The van der Waals surface area contributed by atoms with E-state index in [4.69, 9.17) is 0 Å². The second-order valence-electron chi connectivity index (χ2n) is 9.92. The maximum atomic E-state index is 14.1. The van der Waals surface area contributed by atoms with Gasteiger partial charge < -0.3 is 4.74 Å². The number of allylic oxidation sites excluding steroid dienone is 2. The molecule has 0 heterocycles. The lowest BCUT2D eigenvalue weighted by molar-refractivity contribution is -0.274. The molecular formula is C30H32F4O. The maximum absolute atomic E-state index is 14.1. The summed E-state index contributed by atoms with van der Waals surface area (Å²) in [5.41, 5.74) is 2.12. The standard InChI is InChI=1S/C30H32F4O/c1-2-3-4-5-22-9-13-27-19-26(15-14-25(27)18-22)23-10-6-21(7-11-23)8-12-24-16-17-28(20-29(24)31)35-30(32,33)34/h2-3,6-7,10-11,16-17,20,22,25-27H,4-5,9,13-15,18-19H2,1H3/b3-2+. The normalized spacial score (nSPS) is 24.5. The van der Waals surface area contributed by atoms with Crippen LogP contribution in [-0.4, -0.2) is 6.36 Å². The molecule has 0 spiro atoms. The number of fused-ring (bicyclic) bond motifs is 1. The second kappa shape index (κ2) is 11.3. The van der Waals surface area contributed by atoms with Gasteiger partial charge in [-0.3, -0.25) is 0 Å². The van der Waals surface area contributed by atoms with Gasteiger partial charge in [-0.1, -0.05) is 42.5 Å². The Morgan fingerprint density at radius 1 is 0.943 bits per heavy atom. The van der Waals surface area contributed by atoms with Crippen molar-refractivity contribution < 1.29 is 22.3 Å². The minimum atomic E-state index is -4.86. The van der Waals surface area contributed by atoms with E-state index in [9.17, 15) is 17.6 Å². The number of ether oxygens (including phenoxy) is 1. The molecule has 1 nitrogen and oxygen atoms in total. The minimum absolute atomic E-state index is 0.0308. The molecule has 4 rings (SSSR count). The molecule has 5 heteroatoms. The van der Waals surface area contributed by atoms with Crippen molar-refractivity contribution in [1.29, 1.82) is 0 Å². The van der Waals surface area contributed by atoms with Crippen LogP contribution < -0.4 is 4.74 Å². The monoisotopic (exact) mass is 484 g/mol. The highest BCUT2D eigenvalue weighted by Gasteiger charge is 2.35. The van der Waals surface area contributed by atoms with E-state index in [-0.39, 0.29) is 5.56 Å². The lowest BCUT2D eigenvalue weighted by Crippen LogP contribution is -2.30. The van der Waals surface area contributed by atoms with Crippen LogP contribution in [0.4, 0.5) is 17.6 Å². The Morgan fingerprint density at radius 3 is 2.40 bits per heavy atom. The highest BCUT2D eigenvalue weighted by molar-refractivity contribution is 5.46. The Kier molecular flexibility index (Phi) is 8.21. The van der Waals surface area contributed by atoms with Crippen LogP contribution in [0.2, 0.25) is 0 Å². The highest BCUT2D eigenvalue weighted by atomic mass is 19.4. The molecule has 4 atom stereocenters. The summed E-state index contributed by atoms with van der Waals surface area (Å²) in [4.78, 5) is 0. The van der Waals surface area contributed by atoms with Crippen LogP contribution in [-0.2, 0) is 0 Å². The summed E-state index contributed by atoms with van der Waals surface area (Å²) < 4.78 is 54.7. The van der Waals surface area contributed by atoms with E-state index in [1.54, 1.807) is 0 Å². The molecule has 0 radical (unpaired) electrons. The number of benzene rings is 2. The van der Waals surface area contributed by atoms with Crippen LogP contribution in [0, 0.1) is 35.4 Å². The van der Waals surface area contributed by atoms with Crippen molar-refractivity contribution >= 4 is 0 Å². The van der Waals surface area contributed by atoms with Crippen LogP contribution >= 0.6 is 0 Å². The predicted molar refractivity (Wildman–Crippen MR) is 130 cm³/mol. The van der Waals surface area contributed by atoms with Crippen LogP contribution in [0.3, 0.4) is 0 Å². The largest absolute Gasteiger partial charge is 0.573 e. The van der Waals surface area contributed by atoms with Crippen molar-refractivity contribution in [2.45, 2.75) is 70.6 Å². The average Bonchev–Trinajstić information content (AvgIpc) is 2.83. The molecule has 0 aliphatic heterocycles. The maximum Gasteiger partial charge on any atom is 0.573 e. The summed E-state index contributed by atoms with van der Waals surface area (Å²) in [6, 6.07) is 11.1. The molecule has 4 unspecified atom stereocenters. The fourth-order valence-electron chi connectivity index (χ4n) is 5.82. The fourth-order valence-corrected chi connectivity index (χ4v) is 5.82. The first-order valence-electron chi connectivity index (χ1n) is 12.6. The van der Waals surface area contributed by atoms with Gasteiger partial charge in [0.05, 0.1) is 5.56 Å². The SMILES string of the molecule is C/C=C/CCC1CCC2CC(c3ccc(C#Cc4ccc(OC(F)(F)F)cc4F)cc3)CCC2C1. The summed E-state index contributed by atoms with van der Waals surface area (Å²) in [6.07, 6.45) is 10.0. The van der Waals surface area contributed by atoms with E-state index in [1.165, 1.54) is 63.0 Å². The Balaban J connectivity index is 1.33. The minimum Gasteiger partial charge on any atom is -0.406 e. The van der Waals surface area contributed by atoms with E-state index in [0.717, 1.165) is 29.4 Å². The van der Waals surface area contributed by atoms with Gasteiger partial charge in [-0.25, -0.2) is 4.39 Å². The van der Waals surface area contributed by atoms with Crippen molar-refractivity contribution in [1.82, 2.24) is 0 Å².